The van der Waals surface area contributed by atoms with Crippen molar-refractivity contribution in [3.63, 3.8) is 0 Å². The smallest absolute Gasteiger partial charge is 0.220 e. The zero-order valence-electron chi connectivity index (χ0n) is 10.7. The Morgan fingerprint density at radius 2 is 2.28 bits per heavy atom. The van der Waals surface area contributed by atoms with Gasteiger partial charge in [-0.25, -0.2) is 0 Å². The molecule has 18 heavy (non-hydrogen) atoms. The number of rotatable bonds is 6. The number of halogens is 1. The predicted molar refractivity (Wildman–Crippen MR) is 72.7 cm³/mol. The van der Waals surface area contributed by atoms with E-state index in [1.54, 1.807) is 25.3 Å². The molecule has 0 saturated carbocycles. The van der Waals surface area contributed by atoms with Crippen molar-refractivity contribution in [1.82, 2.24) is 5.32 Å². The molecule has 0 spiro atoms. The maximum Gasteiger partial charge on any atom is 0.220 e. The van der Waals surface area contributed by atoms with Gasteiger partial charge in [-0.3, -0.25) is 4.79 Å². The molecule has 5 heteroatoms. The highest BCUT2D eigenvalue weighted by molar-refractivity contribution is 6.30. The van der Waals surface area contributed by atoms with Gasteiger partial charge in [0.25, 0.3) is 0 Å². The van der Waals surface area contributed by atoms with E-state index in [0.29, 0.717) is 30.2 Å². The van der Waals surface area contributed by atoms with E-state index in [-0.39, 0.29) is 11.9 Å². The van der Waals surface area contributed by atoms with E-state index in [1.807, 2.05) is 6.92 Å². The van der Waals surface area contributed by atoms with Crippen molar-refractivity contribution < 1.29 is 9.53 Å². The molecule has 0 saturated heterocycles. The number of carbonyl (C=O) groups excluding carboxylic acids is 1. The summed E-state index contributed by atoms with van der Waals surface area (Å²) >= 11 is 5.91. The second kappa shape index (κ2) is 7.24. The Morgan fingerprint density at radius 1 is 1.56 bits per heavy atom. The van der Waals surface area contributed by atoms with Crippen molar-refractivity contribution in [2.45, 2.75) is 32.4 Å². The Bertz CT molecular complexity index is 408. The van der Waals surface area contributed by atoms with Crippen LogP contribution in [0, 0.1) is 0 Å². The number of nitrogens with one attached hydrogen (secondary N) is 1. The lowest BCUT2D eigenvalue weighted by atomic mass is 10.1. The molecule has 100 valence electrons. The molecule has 0 heterocycles. The molecular weight excluding hydrogens is 252 g/mol. The number of nitrogens with two attached hydrogens (primary N) is 1. The molecule has 1 aromatic carbocycles. The van der Waals surface area contributed by atoms with Crippen molar-refractivity contribution in [3.8, 4) is 5.75 Å². The first-order valence-corrected chi connectivity index (χ1v) is 6.25. The van der Waals surface area contributed by atoms with Gasteiger partial charge in [0.1, 0.15) is 5.75 Å². The third kappa shape index (κ3) is 4.94. The SMILES string of the molecule is COc1ccc(Cl)cc1CNC(=O)CCC(C)N. The van der Waals surface area contributed by atoms with Crippen LogP contribution in [0.4, 0.5) is 0 Å². The van der Waals surface area contributed by atoms with Gasteiger partial charge in [0.15, 0.2) is 0 Å². The zero-order valence-corrected chi connectivity index (χ0v) is 11.5. The van der Waals surface area contributed by atoms with Gasteiger partial charge in [-0.1, -0.05) is 11.6 Å². The van der Waals surface area contributed by atoms with Crippen molar-refractivity contribution in [2.75, 3.05) is 7.11 Å². The topological polar surface area (TPSA) is 64.3 Å². The Hall–Kier alpha value is -1.26. The fraction of sp³-hybridized carbons (Fsp3) is 0.462. The summed E-state index contributed by atoms with van der Waals surface area (Å²) in [6.45, 7) is 2.29. The van der Waals surface area contributed by atoms with Gasteiger partial charge in [-0.2, -0.15) is 0 Å². The Labute approximate surface area is 112 Å². The lowest BCUT2D eigenvalue weighted by Gasteiger charge is -2.10. The van der Waals surface area contributed by atoms with E-state index in [4.69, 9.17) is 22.1 Å². The number of carbonyl (C=O) groups is 1. The van der Waals surface area contributed by atoms with Crippen LogP contribution in [0.5, 0.6) is 5.75 Å². The Kier molecular flexibility index (Phi) is 5.95. The zero-order chi connectivity index (χ0) is 13.5. The molecule has 0 fully saturated rings. The van der Waals surface area contributed by atoms with Gasteiger partial charge in [-0.15, -0.1) is 0 Å². The summed E-state index contributed by atoms with van der Waals surface area (Å²) in [7, 11) is 1.59. The minimum Gasteiger partial charge on any atom is -0.496 e. The molecule has 1 unspecified atom stereocenters. The summed E-state index contributed by atoms with van der Waals surface area (Å²) in [5.41, 5.74) is 6.46. The first-order valence-electron chi connectivity index (χ1n) is 5.87. The van der Waals surface area contributed by atoms with Gasteiger partial charge in [0.05, 0.1) is 7.11 Å². The molecule has 0 aromatic heterocycles. The first-order chi connectivity index (χ1) is 8.52. The lowest BCUT2D eigenvalue weighted by Crippen LogP contribution is -2.25. The van der Waals surface area contributed by atoms with Crippen molar-refractivity contribution >= 4 is 17.5 Å². The molecule has 3 N–H and O–H groups in total. The first kappa shape index (κ1) is 14.8. The summed E-state index contributed by atoms with van der Waals surface area (Å²) < 4.78 is 5.20. The number of methoxy groups -OCH3 is 1. The van der Waals surface area contributed by atoms with E-state index in [9.17, 15) is 4.79 Å². The van der Waals surface area contributed by atoms with E-state index in [2.05, 4.69) is 5.32 Å². The van der Waals surface area contributed by atoms with E-state index < -0.39 is 0 Å². The van der Waals surface area contributed by atoms with Crippen molar-refractivity contribution in [1.29, 1.82) is 0 Å². The van der Waals surface area contributed by atoms with Crippen LogP contribution in [0.1, 0.15) is 25.3 Å². The summed E-state index contributed by atoms with van der Waals surface area (Å²) in [6, 6.07) is 5.36. The maximum absolute atomic E-state index is 11.6. The highest BCUT2D eigenvalue weighted by Gasteiger charge is 2.07. The standard InChI is InChI=1S/C13H19ClN2O2/c1-9(15)3-6-13(17)16-8-10-7-11(14)4-5-12(10)18-2/h4-5,7,9H,3,6,8,15H2,1-2H3,(H,16,17). The summed E-state index contributed by atoms with van der Waals surface area (Å²) in [6.07, 6.45) is 1.11. The monoisotopic (exact) mass is 270 g/mol. The van der Waals surface area contributed by atoms with Gasteiger partial charge >= 0.3 is 0 Å². The second-order valence-corrected chi connectivity index (χ2v) is 4.69. The van der Waals surface area contributed by atoms with Crippen LogP contribution < -0.4 is 15.8 Å². The van der Waals surface area contributed by atoms with Gasteiger partial charge < -0.3 is 15.8 Å². The molecule has 4 nitrogen and oxygen atoms in total. The number of benzene rings is 1. The average molecular weight is 271 g/mol. The van der Waals surface area contributed by atoms with Crippen molar-refractivity contribution in [2.24, 2.45) is 5.73 Å². The van der Waals surface area contributed by atoms with Crippen LogP contribution in [-0.4, -0.2) is 19.1 Å². The number of amides is 1. The second-order valence-electron chi connectivity index (χ2n) is 4.25. The molecule has 0 aliphatic heterocycles. The van der Waals surface area contributed by atoms with Crippen LogP contribution in [-0.2, 0) is 11.3 Å². The highest BCUT2D eigenvalue weighted by Crippen LogP contribution is 2.22. The predicted octanol–water partition coefficient (Wildman–Crippen LogP) is 2.09. The van der Waals surface area contributed by atoms with Crippen LogP contribution in [0.15, 0.2) is 18.2 Å². The van der Waals surface area contributed by atoms with E-state index >= 15 is 0 Å². The molecular formula is C13H19ClN2O2. The normalized spacial score (nSPS) is 12.0. The number of ether oxygens (including phenoxy) is 1. The fourth-order valence-corrected chi connectivity index (χ4v) is 1.72. The quantitative estimate of drug-likeness (QED) is 0.832. The molecule has 1 aromatic rings. The maximum atomic E-state index is 11.6. The largest absolute Gasteiger partial charge is 0.496 e. The molecule has 1 rings (SSSR count). The minimum absolute atomic E-state index is 0.0191. The summed E-state index contributed by atoms with van der Waals surface area (Å²) in [5.74, 6) is 0.696. The summed E-state index contributed by atoms with van der Waals surface area (Å²) in [4.78, 5) is 11.6. The van der Waals surface area contributed by atoms with Gasteiger partial charge in [-0.05, 0) is 31.5 Å². The lowest BCUT2D eigenvalue weighted by molar-refractivity contribution is -0.121. The Morgan fingerprint density at radius 3 is 2.89 bits per heavy atom. The third-order valence-electron chi connectivity index (χ3n) is 2.55. The number of hydrogen-bond donors (Lipinski definition) is 2. The third-order valence-corrected chi connectivity index (χ3v) is 2.78. The van der Waals surface area contributed by atoms with Gasteiger partial charge in [0.2, 0.25) is 5.91 Å². The highest BCUT2D eigenvalue weighted by atomic mass is 35.5. The van der Waals surface area contributed by atoms with Crippen LogP contribution in [0.25, 0.3) is 0 Å². The van der Waals surface area contributed by atoms with Crippen LogP contribution >= 0.6 is 11.6 Å². The number of hydrogen-bond acceptors (Lipinski definition) is 3. The van der Waals surface area contributed by atoms with Crippen LogP contribution in [0.3, 0.4) is 0 Å². The fourth-order valence-electron chi connectivity index (χ4n) is 1.53. The van der Waals surface area contributed by atoms with Crippen LogP contribution in [0.2, 0.25) is 5.02 Å². The molecule has 0 bridgehead atoms. The molecule has 1 amide bonds. The van der Waals surface area contributed by atoms with E-state index in [0.717, 1.165) is 5.56 Å². The Balaban J connectivity index is 2.52. The van der Waals surface area contributed by atoms with Gasteiger partial charge in [0, 0.05) is 29.6 Å². The molecule has 0 radical (unpaired) electrons. The minimum atomic E-state index is -0.0191. The molecule has 1 atom stereocenters. The molecule has 0 aliphatic rings. The molecule has 0 aliphatic carbocycles. The summed E-state index contributed by atoms with van der Waals surface area (Å²) in [5, 5.41) is 3.44. The average Bonchev–Trinajstić information content (AvgIpc) is 2.34. The van der Waals surface area contributed by atoms with E-state index in [1.165, 1.54) is 0 Å². The van der Waals surface area contributed by atoms with Crippen molar-refractivity contribution in [3.05, 3.63) is 28.8 Å².